The van der Waals surface area contributed by atoms with E-state index in [4.69, 9.17) is 15.2 Å². The van der Waals surface area contributed by atoms with Gasteiger partial charge in [0.15, 0.2) is 11.5 Å². The average Bonchev–Trinajstić information content (AvgIpc) is 3.54. The first kappa shape index (κ1) is 22.5. The fourth-order valence-electron chi connectivity index (χ4n) is 4.30. The Kier molecular flexibility index (Phi) is 5.64. The Balaban J connectivity index is 0.00000190. The summed E-state index contributed by atoms with van der Waals surface area (Å²) in [5.74, 6) is 0.352. The molecule has 3 amide bonds. The highest BCUT2D eigenvalue weighted by Crippen LogP contribution is 2.51. The van der Waals surface area contributed by atoms with Gasteiger partial charge >= 0.3 is 0 Å². The molecule has 0 unspecified atom stereocenters. The third-order valence-corrected chi connectivity index (χ3v) is 6.49. The van der Waals surface area contributed by atoms with Gasteiger partial charge in [0, 0.05) is 17.0 Å². The molecule has 8 heteroatoms. The van der Waals surface area contributed by atoms with E-state index in [2.05, 4.69) is 10.6 Å². The predicted octanol–water partition coefficient (Wildman–Crippen LogP) is 4.26. The molecule has 3 aromatic carbocycles. The lowest BCUT2D eigenvalue weighted by molar-refractivity contribution is -0.118. The molecule has 1 saturated carbocycles. The Labute approximate surface area is 208 Å². The summed E-state index contributed by atoms with van der Waals surface area (Å²) in [4.78, 5) is 36.3. The molecule has 0 radical (unpaired) electrons. The van der Waals surface area contributed by atoms with Crippen molar-refractivity contribution in [3.05, 3.63) is 77.4 Å². The molecule has 0 bridgehead atoms. The summed E-state index contributed by atoms with van der Waals surface area (Å²) >= 11 is 0. The van der Waals surface area contributed by atoms with E-state index < -0.39 is 11.3 Å². The van der Waals surface area contributed by atoms with Crippen LogP contribution in [0.4, 0.5) is 5.69 Å². The number of nitrogens with two attached hydrogens (primary N) is 1. The van der Waals surface area contributed by atoms with Crippen LogP contribution in [0, 0.1) is 6.92 Å². The lowest BCUT2D eigenvalue weighted by Gasteiger charge is -2.17. The van der Waals surface area contributed by atoms with Gasteiger partial charge in [0.1, 0.15) is 0 Å². The van der Waals surface area contributed by atoms with Crippen LogP contribution in [0.15, 0.2) is 60.7 Å². The fourth-order valence-corrected chi connectivity index (χ4v) is 4.30. The summed E-state index contributed by atoms with van der Waals surface area (Å²) in [7, 11) is 0. The zero-order chi connectivity index (χ0) is 24.6. The van der Waals surface area contributed by atoms with Gasteiger partial charge in [-0.2, -0.15) is 0 Å². The number of nitrogens with one attached hydrogen (secondary N) is 2. The summed E-state index contributed by atoms with van der Waals surface area (Å²) in [5, 5.41) is 5.56. The van der Waals surface area contributed by atoms with Gasteiger partial charge in [-0.15, -0.1) is 0 Å². The molecule has 1 aliphatic carbocycles. The van der Waals surface area contributed by atoms with Crippen molar-refractivity contribution >= 4 is 23.4 Å². The molecule has 4 N–H and O–H groups in total. The lowest BCUT2D eigenvalue weighted by Crippen LogP contribution is -2.33. The Morgan fingerprint density at radius 2 is 1.71 bits per heavy atom. The van der Waals surface area contributed by atoms with Crippen LogP contribution in [0.2, 0.25) is 0 Å². The number of benzene rings is 3. The number of anilines is 1. The van der Waals surface area contributed by atoms with Gasteiger partial charge in [0.05, 0.1) is 12.0 Å². The molecule has 1 fully saturated rings. The zero-order valence-electron chi connectivity index (χ0n) is 19.2. The number of carbonyl (C=O) groups excluding carboxylic acids is 3. The third kappa shape index (κ3) is 4.42. The van der Waals surface area contributed by atoms with Gasteiger partial charge in [-0.25, -0.2) is 0 Å². The molecular formula is C27H33N3O5. The molecule has 5 rings (SSSR count). The molecule has 186 valence electrons. The minimum atomic E-state index is -0.601. The first-order chi connectivity index (χ1) is 16.9. The Bertz CT molecular complexity index is 1350. The van der Waals surface area contributed by atoms with E-state index >= 15 is 0 Å². The van der Waals surface area contributed by atoms with Crippen LogP contribution in [-0.2, 0) is 15.0 Å². The highest BCUT2D eigenvalue weighted by Gasteiger charge is 2.51. The zero-order valence-corrected chi connectivity index (χ0v) is 19.2. The van der Waals surface area contributed by atoms with Crippen molar-refractivity contribution in [2.75, 3.05) is 18.7 Å². The summed E-state index contributed by atoms with van der Waals surface area (Å²) in [6, 6.07) is 18.5. The summed E-state index contributed by atoms with van der Waals surface area (Å²) in [6.07, 6.45) is 1.55. The Hall–Kier alpha value is -4.33. The van der Waals surface area contributed by atoms with Gasteiger partial charge in [-0.1, -0.05) is 24.3 Å². The van der Waals surface area contributed by atoms with Crippen molar-refractivity contribution < 1.29 is 29.6 Å². The molecule has 1 heterocycles. The maximum Gasteiger partial charge on any atom is 0.251 e. The Morgan fingerprint density at radius 1 is 0.971 bits per heavy atom. The van der Waals surface area contributed by atoms with E-state index in [1.807, 2.05) is 55.5 Å². The molecule has 1 aliphatic heterocycles. The van der Waals surface area contributed by atoms with Crippen LogP contribution in [0.3, 0.4) is 0 Å². The smallest absolute Gasteiger partial charge is 0.251 e. The Morgan fingerprint density at radius 3 is 2.43 bits per heavy atom. The molecule has 0 atom stereocenters. The minimum absolute atomic E-state index is 0. The quantitative estimate of drug-likeness (QED) is 0.468. The van der Waals surface area contributed by atoms with Crippen molar-refractivity contribution in [3.8, 4) is 22.6 Å². The SMILES string of the molecule is Cc1ccc(NC(=O)C2(c3ccc4c(c3)OCO4)CC2)cc1-c1ccc(C(=O)NCC(N)=O)cc1.[HH].[HH].[HH].[HH]. The number of aryl methyl sites for hydroxylation is 1. The second kappa shape index (κ2) is 8.79. The number of carbonyl (C=O) groups is 3. The van der Waals surface area contributed by atoms with Crippen molar-refractivity contribution in [1.29, 1.82) is 0 Å². The summed E-state index contributed by atoms with van der Waals surface area (Å²) in [5.41, 5.74) is 9.45. The number of fused-ring (bicyclic) bond motifs is 1. The molecular weight excluding hydrogens is 446 g/mol. The summed E-state index contributed by atoms with van der Waals surface area (Å²) in [6.45, 7) is 1.97. The molecule has 0 saturated heterocycles. The number of rotatable bonds is 7. The molecule has 0 aromatic heterocycles. The van der Waals surface area contributed by atoms with E-state index in [1.54, 1.807) is 12.1 Å². The number of hydrogen-bond donors (Lipinski definition) is 3. The molecule has 0 spiro atoms. The van der Waals surface area contributed by atoms with Gasteiger partial charge in [-0.3, -0.25) is 14.4 Å². The van der Waals surface area contributed by atoms with E-state index in [0.717, 1.165) is 35.1 Å². The van der Waals surface area contributed by atoms with E-state index in [-0.39, 0.29) is 30.9 Å². The molecule has 35 heavy (non-hydrogen) atoms. The number of ether oxygens (including phenoxy) is 2. The van der Waals surface area contributed by atoms with E-state index in [1.165, 1.54) is 0 Å². The summed E-state index contributed by atoms with van der Waals surface area (Å²) < 4.78 is 10.9. The van der Waals surface area contributed by atoms with Crippen LogP contribution in [0.1, 0.15) is 40.0 Å². The van der Waals surface area contributed by atoms with Crippen LogP contribution in [-0.4, -0.2) is 31.1 Å². The first-order valence-corrected chi connectivity index (χ1v) is 11.3. The highest BCUT2D eigenvalue weighted by molar-refractivity contribution is 6.02. The molecule has 3 aromatic rings. The van der Waals surface area contributed by atoms with Crippen LogP contribution < -0.4 is 25.8 Å². The van der Waals surface area contributed by atoms with E-state index in [9.17, 15) is 14.4 Å². The topological polar surface area (TPSA) is 120 Å². The number of hydrogen-bond acceptors (Lipinski definition) is 5. The second-order valence-electron chi connectivity index (χ2n) is 8.86. The normalized spacial score (nSPS) is 14.8. The van der Waals surface area contributed by atoms with E-state index in [0.29, 0.717) is 22.7 Å². The standard InChI is InChI=1S/C27H25N3O5.4H2/c1-16-2-8-20(13-21(16)17-3-5-18(6-4-17)25(32)29-14-24(28)31)30-26(33)27(10-11-27)19-7-9-22-23(12-19)35-15-34-22;;;;/h2-9,12-13H,10-11,14-15H2,1H3,(H2,28,31)(H,29,32)(H,30,33);4*1H. The first-order valence-electron chi connectivity index (χ1n) is 11.3. The maximum atomic E-state index is 13.3. The van der Waals surface area contributed by atoms with Gasteiger partial charge in [-0.05, 0) is 78.4 Å². The highest BCUT2D eigenvalue weighted by atomic mass is 16.7. The van der Waals surface area contributed by atoms with Crippen molar-refractivity contribution in [1.82, 2.24) is 5.32 Å². The molecule has 8 nitrogen and oxygen atoms in total. The van der Waals surface area contributed by atoms with Crippen LogP contribution >= 0.6 is 0 Å². The third-order valence-electron chi connectivity index (χ3n) is 6.49. The lowest BCUT2D eigenvalue weighted by atomic mass is 9.94. The minimum Gasteiger partial charge on any atom is -0.454 e. The van der Waals surface area contributed by atoms with Crippen LogP contribution in [0.25, 0.3) is 11.1 Å². The van der Waals surface area contributed by atoms with Gasteiger partial charge < -0.3 is 25.8 Å². The predicted molar refractivity (Wildman–Crippen MR) is 139 cm³/mol. The van der Waals surface area contributed by atoms with Crippen molar-refractivity contribution in [2.24, 2.45) is 5.73 Å². The van der Waals surface area contributed by atoms with Gasteiger partial charge in [0.25, 0.3) is 5.91 Å². The maximum absolute atomic E-state index is 13.3. The molecule has 2 aliphatic rings. The monoisotopic (exact) mass is 479 g/mol. The van der Waals surface area contributed by atoms with Gasteiger partial charge in [0.2, 0.25) is 18.6 Å². The largest absolute Gasteiger partial charge is 0.454 e. The van der Waals surface area contributed by atoms with Crippen molar-refractivity contribution in [2.45, 2.75) is 25.2 Å². The van der Waals surface area contributed by atoms with Crippen molar-refractivity contribution in [3.63, 3.8) is 0 Å². The van der Waals surface area contributed by atoms with Crippen LogP contribution in [0.5, 0.6) is 11.5 Å². The number of primary amides is 1. The fraction of sp³-hybridized carbons (Fsp3) is 0.222. The number of amides is 3. The second-order valence-corrected chi connectivity index (χ2v) is 8.86. The average molecular weight is 480 g/mol.